The van der Waals surface area contributed by atoms with Crippen LogP contribution in [-0.4, -0.2) is 25.3 Å². The number of para-hydroxylation sites is 1. The molecule has 0 aliphatic heterocycles. The molecule has 8 heteroatoms. The summed E-state index contributed by atoms with van der Waals surface area (Å²) in [6, 6.07) is 26.1. The molecule has 0 aliphatic carbocycles. The average Bonchev–Trinajstić information content (AvgIpc) is 3.23. The summed E-state index contributed by atoms with van der Waals surface area (Å²) in [7, 11) is 0. The fraction of sp³-hybridized carbons (Fsp3) is 0.0909. The summed E-state index contributed by atoms with van der Waals surface area (Å²) < 4.78 is 1.76. The van der Waals surface area contributed by atoms with E-state index in [1.165, 1.54) is 5.56 Å². The maximum absolute atomic E-state index is 5.44. The number of tetrazole rings is 1. The van der Waals surface area contributed by atoms with Gasteiger partial charge in [-0.3, -0.25) is 0 Å². The third-order valence-electron chi connectivity index (χ3n) is 4.30. The van der Waals surface area contributed by atoms with E-state index in [1.807, 2.05) is 66.7 Å². The van der Waals surface area contributed by atoms with Crippen LogP contribution in [0.2, 0.25) is 0 Å². The van der Waals surface area contributed by atoms with Crippen molar-refractivity contribution >= 4 is 40.5 Å². The van der Waals surface area contributed by atoms with Crippen molar-refractivity contribution in [3.05, 3.63) is 90.3 Å². The van der Waals surface area contributed by atoms with E-state index in [2.05, 4.69) is 45.2 Å². The molecule has 4 aromatic rings. The molecule has 0 radical (unpaired) electrons. The highest BCUT2D eigenvalue weighted by molar-refractivity contribution is 7.98. The van der Waals surface area contributed by atoms with Gasteiger partial charge in [0.15, 0.2) is 10.9 Å². The van der Waals surface area contributed by atoms with Gasteiger partial charge in [-0.25, -0.2) is 0 Å². The molecule has 0 unspecified atom stereocenters. The first-order chi connectivity index (χ1) is 14.7. The van der Waals surface area contributed by atoms with Gasteiger partial charge in [0.25, 0.3) is 0 Å². The van der Waals surface area contributed by atoms with Crippen molar-refractivity contribution in [2.45, 2.75) is 17.6 Å². The van der Waals surface area contributed by atoms with Crippen molar-refractivity contribution in [3.8, 4) is 5.69 Å². The number of aryl methyl sites for hydroxylation is 1. The molecular formula is C22H20N6S2. The minimum absolute atomic E-state index is 0.550. The summed E-state index contributed by atoms with van der Waals surface area (Å²) in [5, 5.41) is 19.1. The Morgan fingerprint density at radius 2 is 1.70 bits per heavy atom. The van der Waals surface area contributed by atoms with Gasteiger partial charge < -0.3 is 10.6 Å². The fourth-order valence-electron chi connectivity index (χ4n) is 2.81. The first kappa shape index (κ1) is 20.1. The van der Waals surface area contributed by atoms with Gasteiger partial charge in [-0.05, 0) is 72.0 Å². The van der Waals surface area contributed by atoms with Gasteiger partial charge in [0.05, 0.1) is 11.4 Å². The maximum Gasteiger partial charge on any atom is 0.175 e. The quantitative estimate of drug-likeness (QED) is 0.326. The molecule has 30 heavy (non-hydrogen) atoms. The second kappa shape index (κ2) is 9.51. The van der Waals surface area contributed by atoms with Crippen LogP contribution < -0.4 is 10.6 Å². The predicted molar refractivity (Wildman–Crippen MR) is 126 cm³/mol. The standard InChI is InChI=1S/C22H20N6S2/c1-16-10-12-17(13-11-16)23-22(29)24-18-6-5-9-20(14-18)30-15-21-25-26-27-28(21)19-7-3-2-4-8-19/h2-14H,15H2,1H3,(H2,23,24,29). The molecule has 0 spiro atoms. The zero-order chi connectivity index (χ0) is 20.8. The van der Waals surface area contributed by atoms with E-state index in [-0.39, 0.29) is 0 Å². The monoisotopic (exact) mass is 432 g/mol. The fourth-order valence-corrected chi connectivity index (χ4v) is 3.90. The van der Waals surface area contributed by atoms with Crippen LogP contribution in [0.1, 0.15) is 11.4 Å². The molecule has 0 saturated heterocycles. The predicted octanol–water partition coefficient (Wildman–Crippen LogP) is 5.07. The second-order valence-corrected chi connectivity index (χ2v) is 8.06. The Morgan fingerprint density at radius 3 is 2.50 bits per heavy atom. The molecule has 150 valence electrons. The van der Waals surface area contributed by atoms with Crippen molar-refractivity contribution in [1.82, 2.24) is 20.2 Å². The Bertz CT molecular complexity index is 1130. The smallest absolute Gasteiger partial charge is 0.175 e. The van der Waals surface area contributed by atoms with Gasteiger partial charge in [0.1, 0.15) is 0 Å². The number of thioether (sulfide) groups is 1. The number of hydrogen-bond donors (Lipinski definition) is 2. The minimum Gasteiger partial charge on any atom is -0.332 e. The molecule has 0 fully saturated rings. The minimum atomic E-state index is 0.550. The number of benzene rings is 3. The van der Waals surface area contributed by atoms with E-state index in [1.54, 1.807) is 16.4 Å². The number of anilines is 2. The largest absolute Gasteiger partial charge is 0.332 e. The van der Waals surface area contributed by atoms with Gasteiger partial charge in [0.2, 0.25) is 0 Å². The zero-order valence-electron chi connectivity index (χ0n) is 16.3. The molecule has 1 aromatic heterocycles. The molecule has 1 heterocycles. The number of rotatable bonds is 6. The van der Waals surface area contributed by atoms with E-state index in [0.29, 0.717) is 10.9 Å². The summed E-state index contributed by atoms with van der Waals surface area (Å²) in [4.78, 5) is 1.10. The maximum atomic E-state index is 5.44. The van der Waals surface area contributed by atoms with Crippen LogP contribution in [0.15, 0.2) is 83.8 Å². The van der Waals surface area contributed by atoms with Crippen LogP contribution in [0, 0.1) is 6.92 Å². The third-order valence-corrected chi connectivity index (χ3v) is 5.50. The van der Waals surface area contributed by atoms with E-state index >= 15 is 0 Å². The molecule has 6 nitrogen and oxygen atoms in total. The number of aromatic nitrogens is 4. The highest BCUT2D eigenvalue weighted by Gasteiger charge is 2.09. The van der Waals surface area contributed by atoms with Gasteiger partial charge >= 0.3 is 0 Å². The van der Waals surface area contributed by atoms with Gasteiger partial charge in [-0.15, -0.1) is 16.9 Å². The molecule has 2 N–H and O–H groups in total. The third kappa shape index (κ3) is 5.22. The second-order valence-electron chi connectivity index (χ2n) is 6.60. The topological polar surface area (TPSA) is 67.7 Å². The Kier molecular flexibility index (Phi) is 6.36. The van der Waals surface area contributed by atoms with Crippen molar-refractivity contribution in [2.75, 3.05) is 10.6 Å². The van der Waals surface area contributed by atoms with E-state index in [0.717, 1.165) is 27.8 Å². The molecule has 0 bridgehead atoms. The molecule has 0 amide bonds. The van der Waals surface area contributed by atoms with Crippen LogP contribution in [0.3, 0.4) is 0 Å². The van der Waals surface area contributed by atoms with Crippen molar-refractivity contribution in [1.29, 1.82) is 0 Å². The van der Waals surface area contributed by atoms with Gasteiger partial charge in [0, 0.05) is 16.3 Å². The first-order valence-electron chi connectivity index (χ1n) is 9.37. The molecular weight excluding hydrogens is 412 g/mol. The molecule has 3 aromatic carbocycles. The Hall–Kier alpha value is -3.23. The SMILES string of the molecule is Cc1ccc(NC(=S)Nc2cccc(SCc3nnnn3-c3ccccc3)c2)cc1. The lowest BCUT2D eigenvalue weighted by atomic mass is 10.2. The van der Waals surface area contributed by atoms with Crippen LogP contribution >= 0.6 is 24.0 Å². The van der Waals surface area contributed by atoms with Crippen molar-refractivity contribution in [3.63, 3.8) is 0 Å². The Balaban J connectivity index is 1.38. The van der Waals surface area contributed by atoms with Gasteiger partial charge in [-0.1, -0.05) is 42.0 Å². The summed E-state index contributed by atoms with van der Waals surface area (Å²) in [6.07, 6.45) is 0. The Labute approximate surface area is 184 Å². The number of nitrogens with one attached hydrogen (secondary N) is 2. The van der Waals surface area contributed by atoms with Crippen LogP contribution in [0.4, 0.5) is 11.4 Å². The first-order valence-corrected chi connectivity index (χ1v) is 10.8. The normalized spacial score (nSPS) is 10.6. The summed E-state index contributed by atoms with van der Waals surface area (Å²) in [5.41, 5.74) is 4.03. The summed E-state index contributed by atoms with van der Waals surface area (Å²) in [6.45, 7) is 2.06. The lowest BCUT2D eigenvalue weighted by molar-refractivity contribution is 0.777. The number of hydrogen-bond acceptors (Lipinski definition) is 5. The van der Waals surface area contributed by atoms with E-state index in [4.69, 9.17) is 12.2 Å². The average molecular weight is 433 g/mol. The highest BCUT2D eigenvalue weighted by Crippen LogP contribution is 2.25. The summed E-state index contributed by atoms with van der Waals surface area (Å²) >= 11 is 7.10. The molecule has 0 aliphatic rings. The van der Waals surface area contributed by atoms with E-state index < -0.39 is 0 Å². The van der Waals surface area contributed by atoms with E-state index in [9.17, 15) is 0 Å². The molecule has 0 atom stereocenters. The van der Waals surface area contributed by atoms with Crippen LogP contribution in [-0.2, 0) is 5.75 Å². The molecule has 0 saturated carbocycles. The number of thiocarbonyl (C=S) groups is 1. The van der Waals surface area contributed by atoms with Crippen LogP contribution in [0.25, 0.3) is 5.69 Å². The Morgan fingerprint density at radius 1 is 0.933 bits per heavy atom. The van der Waals surface area contributed by atoms with Crippen molar-refractivity contribution in [2.24, 2.45) is 0 Å². The van der Waals surface area contributed by atoms with Crippen LogP contribution in [0.5, 0.6) is 0 Å². The lowest BCUT2D eigenvalue weighted by Crippen LogP contribution is -2.18. The summed E-state index contributed by atoms with van der Waals surface area (Å²) in [5.74, 6) is 1.44. The van der Waals surface area contributed by atoms with Gasteiger partial charge in [-0.2, -0.15) is 4.68 Å². The molecule has 4 rings (SSSR count). The highest BCUT2D eigenvalue weighted by atomic mass is 32.2. The number of nitrogens with zero attached hydrogens (tertiary/aromatic N) is 4. The van der Waals surface area contributed by atoms with Crippen molar-refractivity contribution < 1.29 is 0 Å². The lowest BCUT2D eigenvalue weighted by Gasteiger charge is -2.12. The zero-order valence-corrected chi connectivity index (χ0v) is 18.0.